The number of nitrogens with one attached hydrogen (secondary N) is 1. The SMILES string of the molecule is CCNC1C(CN(CCCO)C(C)C)CCC1(C)C. The highest BCUT2D eigenvalue weighted by atomic mass is 16.3. The average molecular weight is 270 g/mol. The zero-order chi connectivity index (χ0) is 14.5. The summed E-state index contributed by atoms with van der Waals surface area (Å²) in [5, 5.41) is 12.7. The normalized spacial score (nSPS) is 26.5. The van der Waals surface area contributed by atoms with Gasteiger partial charge in [0.25, 0.3) is 0 Å². The summed E-state index contributed by atoms with van der Waals surface area (Å²) in [5.74, 6) is 0.746. The zero-order valence-electron chi connectivity index (χ0n) is 13.6. The van der Waals surface area contributed by atoms with Crippen molar-refractivity contribution in [1.82, 2.24) is 10.2 Å². The first-order chi connectivity index (χ1) is 8.92. The molecular formula is C16H34N2O. The van der Waals surface area contributed by atoms with Crippen LogP contribution in [0.25, 0.3) is 0 Å². The van der Waals surface area contributed by atoms with E-state index in [0.29, 0.717) is 24.1 Å². The van der Waals surface area contributed by atoms with Crippen molar-refractivity contribution in [2.24, 2.45) is 11.3 Å². The van der Waals surface area contributed by atoms with Crippen LogP contribution in [0.1, 0.15) is 53.9 Å². The maximum Gasteiger partial charge on any atom is 0.0443 e. The largest absolute Gasteiger partial charge is 0.396 e. The summed E-state index contributed by atoms with van der Waals surface area (Å²) >= 11 is 0. The first kappa shape index (κ1) is 16.9. The van der Waals surface area contributed by atoms with Gasteiger partial charge in [-0.25, -0.2) is 0 Å². The molecule has 2 N–H and O–H groups in total. The molecule has 0 aromatic carbocycles. The molecule has 1 aliphatic carbocycles. The number of hydrogen-bond acceptors (Lipinski definition) is 3. The first-order valence-corrected chi connectivity index (χ1v) is 8.00. The van der Waals surface area contributed by atoms with E-state index in [1.807, 2.05) is 0 Å². The molecule has 3 heteroatoms. The highest BCUT2D eigenvalue weighted by Crippen LogP contribution is 2.41. The predicted molar refractivity (Wildman–Crippen MR) is 82.4 cm³/mol. The van der Waals surface area contributed by atoms with Crippen LogP contribution in [0.15, 0.2) is 0 Å². The van der Waals surface area contributed by atoms with E-state index in [0.717, 1.165) is 25.4 Å². The van der Waals surface area contributed by atoms with E-state index >= 15 is 0 Å². The van der Waals surface area contributed by atoms with E-state index in [9.17, 15) is 0 Å². The van der Waals surface area contributed by atoms with Crippen LogP contribution in [-0.2, 0) is 0 Å². The molecular weight excluding hydrogens is 236 g/mol. The van der Waals surface area contributed by atoms with Gasteiger partial charge < -0.3 is 15.3 Å². The zero-order valence-corrected chi connectivity index (χ0v) is 13.6. The lowest BCUT2D eigenvalue weighted by atomic mass is 9.84. The van der Waals surface area contributed by atoms with Gasteiger partial charge in [-0.1, -0.05) is 20.8 Å². The summed E-state index contributed by atoms with van der Waals surface area (Å²) in [6, 6.07) is 1.20. The van der Waals surface area contributed by atoms with Crippen LogP contribution >= 0.6 is 0 Å². The quantitative estimate of drug-likeness (QED) is 0.711. The van der Waals surface area contributed by atoms with Crippen LogP contribution in [0, 0.1) is 11.3 Å². The lowest BCUT2D eigenvalue weighted by Crippen LogP contribution is -2.47. The Balaban J connectivity index is 2.62. The van der Waals surface area contributed by atoms with Gasteiger partial charge in [0.2, 0.25) is 0 Å². The van der Waals surface area contributed by atoms with Crippen LogP contribution < -0.4 is 5.32 Å². The van der Waals surface area contributed by atoms with Gasteiger partial charge in [-0.2, -0.15) is 0 Å². The topological polar surface area (TPSA) is 35.5 Å². The van der Waals surface area contributed by atoms with Crippen molar-refractivity contribution in [3.05, 3.63) is 0 Å². The molecule has 0 saturated heterocycles. The Morgan fingerprint density at radius 2 is 2.05 bits per heavy atom. The minimum atomic E-state index is 0.302. The molecule has 19 heavy (non-hydrogen) atoms. The summed E-state index contributed by atoms with van der Waals surface area (Å²) in [6.45, 7) is 15.1. The van der Waals surface area contributed by atoms with E-state index in [1.165, 1.54) is 19.4 Å². The van der Waals surface area contributed by atoms with Crippen LogP contribution in [0.5, 0.6) is 0 Å². The van der Waals surface area contributed by atoms with E-state index in [4.69, 9.17) is 5.11 Å². The van der Waals surface area contributed by atoms with E-state index in [1.54, 1.807) is 0 Å². The molecule has 0 spiro atoms. The van der Waals surface area contributed by atoms with Gasteiger partial charge >= 0.3 is 0 Å². The summed E-state index contributed by atoms with van der Waals surface area (Å²) in [4.78, 5) is 2.53. The van der Waals surface area contributed by atoms with Gasteiger partial charge in [0.1, 0.15) is 0 Å². The minimum Gasteiger partial charge on any atom is -0.396 e. The van der Waals surface area contributed by atoms with Gasteiger partial charge in [0.15, 0.2) is 0 Å². The number of aliphatic hydroxyl groups is 1. The average Bonchev–Trinajstić information content (AvgIpc) is 2.61. The molecule has 0 heterocycles. The third-order valence-electron chi connectivity index (χ3n) is 4.70. The Morgan fingerprint density at radius 1 is 1.37 bits per heavy atom. The molecule has 1 fully saturated rings. The molecule has 1 rings (SSSR count). The molecule has 2 unspecified atom stereocenters. The number of aliphatic hydroxyl groups excluding tert-OH is 1. The highest BCUT2D eigenvalue weighted by molar-refractivity contribution is 4.97. The summed E-state index contributed by atoms with van der Waals surface area (Å²) in [7, 11) is 0. The molecule has 0 aliphatic heterocycles. The lowest BCUT2D eigenvalue weighted by molar-refractivity contribution is 0.145. The van der Waals surface area contributed by atoms with Crippen LogP contribution in [0.4, 0.5) is 0 Å². The number of rotatable bonds is 8. The van der Waals surface area contributed by atoms with Crippen molar-refractivity contribution in [1.29, 1.82) is 0 Å². The Kier molecular flexibility index (Phi) is 6.78. The van der Waals surface area contributed by atoms with Crippen LogP contribution in [-0.4, -0.2) is 48.3 Å². The van der Waals surface area contributed by atoms with Crippen molar-refractivity contribution >= 4 is 0 Å². The number of hydrogen-bond donors (Lipinski definition) is 2. The highest BCUT2D eigenvalue weighted by Gasteiger charge is 2.41. The second kappa shape index (κ2) is 7.61. The first-order valence-electron chi connectivity index (χ1n) is 8.00. The van der Waals surface area contributed by atoms with Crippen molar-refractivity contribution in [2.75, 3.05) is 26.2 Å². The van der Waals surface area contributed by atoms with Crippen molar-refractivity contribution in [3.63, 3.8) is 0 Å². The Labute approximate surface area is 119 Å². The maximum atomic E-state index is 9.04. The standard InChI is InChI=1S/C16H34N2O/c1-6-17-15-14(8-9-16(15,4)5)12-18(13(2)3)10-7-11-19/h13-15,17,19H,6-12H2,1-5H3. The maximum absolute atomic E-state index is 9.04. The molecule has 0 bridgehead atoms. The van der Waals surface area contributed by atoms with Crippen molar-refractivity contribution < 1.29 is 5.11 Å². The third kappa shape index (κ3) is 4.73. The molecule has 1 saturated carbocycles. The molecule has 0 aromatic rings. The molecule has 3 nitrogen and oxygen atoms in total. The van der Waals surface area contributed by atoms with Crippen molar-refractivity contribution in [2.45, 2.75) is 66.0 Å². The summed E-state index contributed by atoms with van der Waals surface area (Å²) in [5.41, 5.74) is 0.417. The van der Waals surface area contributed by atoms with Gasteiger partial charge in [-0.3, -0.25) is 0 Å². The fraction of sp³-hybridized carbons (Fsp3) is 1.00. The second-order valence-corrected chi connectivity index (χ2v) is 6.99. The van der Waals surface area contributed by atoms with Gasteiger partial charge in [0.05, 0.1) is 0 Å². The monoisotopic (exact) mass is 270 g/mol. The molecule has 1 aliphatic rings. The lowest BCUT2D eigenvalue weighted by Gasteiger charge is -2.35. The van der Waals surface area contributed by atoms with Gasteiger partial charge in [-0.15, -0.1) is 0 Å². The second-order valence-electron chi connectivity index (χ2n) is 6.99. The van der Waals surface area contributed by atoms with Crippen LogP contribution in [0.3, 0.4) is 0 Å². The van der Waals surface area contributed by atoms with E-state index in [-0.39, 0.29) is 0 Å². The predicted octanol–water partition coefficient (Wildman–Crippen LogP) is 2.49. The fourth-order valence-corrected chi connectivity index (χ4v) is 3.51. The van der Waals surface area contributed by atoms with E-state index in [2.05, 4.69) is 44.8 Å². The molecule has 114 valence electrons. The molecule has 2 atom stereocenters. The Hall–Kier alpha value is -0.120. The smallest absolute Gasteiger partial charge is 0.0443 e. The van der Waals surface area contributed by atoms with Gasteiger partial charge in [0, 0.05) is 31.8 Å². The van der Waals surface area contributed by atoms with E-state index < -0.39 is 0 Å². The molecule has 0 amide bonds. The molecule has 0 aromatic heterocycles. The third-order valence-corrected chi connectivity index (χ3v) is 4.70. The van der Waals surface area contributed by atoms with Crippen molar-refractivity contribution in [3.8, 4) is 0 Å². The summed E-state index contributed by atoms with van der Waals surface area (Å²) < 4.78 is 0. The number of nitrogens with zero attached hydrogens (tertiary/aromatic N) is 1. The van der Waals surface area contributed by atoms with Crippen LogP contribution in [0.2, 0.25) is 0 Å². The molecule has 0 radical (unpaired) electrons. The summed E-state index contributed by atoms with van der Waals surface area (Å²) in [6.07, 6.45) is 3.54. The Morgan fingerprint density at radius 3 is 2.58 bits per heavy atom. The van der Waals surface area contributed by atoms with Gasteiger partial charge in [-0.05, 0) is 51.0 Å². The Bertz CT molecular complexity index is 253. The fourth-order valence-electron chi connectivity index (χ4n) is 3.51. The minimum absolute atomic E-state index is 0.302.